The van der Waals surface area contributed by atoms with Crippen molar-refractivity contribution in [3.63, 3.8) is 0 Å². The molecule has 2 aromatic rings. The highest BCUT2D eigenvalue weighted by molar-refractivity contribution is 7.92. The number of nitrogens with one attached hydrogen (secondary N) is 2. The summed E-state index contributed by atoms with van der Waals surface area (Å²) in [6.45, 7) is 5.08. The maximum Gasteiger partial charge on any atom is 0.264 e. The monoisotopic (exact) mass is 333 g/mol. The Balaban J connectivity index is 2.55. The van der Waals surface area contributed by atoms with Crippen LogP contribution in [0.5, 0.6) is 0 Å². The maximum atomic E-state index is 12.4. The van der Waals surface area contributed by atoms with Crippen LogP contribution in [-0.2, 0) is 10.0 Å². The minimum absolute atomic E-state index is 0.0233. The summed E-state index contributed by atoms with van der Waals surface area (Å²) in [7, 11) is -3.86. The molecule has 1 heterocycles. The Bertz CT molecular complexity index is 743. The number of anilines is 1. The molecule has 0 bridgehead atoms. The van der Waals surface area contributed by atoms with Gasteiger partial charge in [0.15, 0.2) is 5.82 Å². The van der Waals surface area contributed by atoms with Gasteiger partial charge in [0.05, 0.1) is 5.02 Å². The van der Waals surface area contributed by atoms with E-state index in [1.54, 1.807) is 32.9 Å². The number of sulfonamides is 1. The number of hydrogen-bond acceptors (Lipinski definition) is 3. The third-order valence-electron chi connectivity index (χ3n) is 2.80. The van der Waals surface area contributed by atoms with Gasteiger partial charge in [-0.1, -0.05) is 23.2 Å². The minimum Gasteiger partial charge on any atom is -0.281 e. The second-order valence-electron chi connectivity index (χ2n) is 4.49. The summed E-state index contributed by atoms with van der Waals surface area (Å²) in [4.78, 5) is -0.0233. The summed E-state index contributed by atoms with van der Waals surface area (Å²) in [5.41, 5.74) is 1.75. The van der Waals surface area contributed by atoms with Crippen molar-refractivity contribution in [1.82, 2.24) is 10.2 Å². The third kappa shape index (κ3) is 2.77. The Labute approximate surface area is 127 Å². The van der Waals surface area contributed by atoms with Gasteiger partial charge < -0.3 is 0 Å². The van der Waals surface area contributed by atoms with E-state index >= 15 is 0 Å². The molecule has 0 amide bonds. The van der Waals surface area contributed by atoms with Crippen molar-refractivity contribution in [3.05, 3.63) is 39.0 Å². The molecule has 1 aromatic heterocycles. The molecule has 2 N–H and O–H groups in total. The SMILES string of the molecule is Cc1cc(NS(=O)(=O)c2c(C)c(Cl)cc(C)c2Cl)n[nH]1. The Hall–Kier alpha value is -1.24. The van der Waals surface area contributed by atoms with Crippen LogP contribution < -0.4 is 4.72 Å². The van der Waals surface area contributed by atoms with Crippen molar-refractivity contribution in [2.75, 3.05) is 4.72 Å². The molecule has 0 unspecified atom stereocenters. The fourth-order valence-electron chi connectivity index (χ4n) is 1.79. The number of nitrogens with zero attached hydrogens (tertiary/aromatic N) is 1. The van der Waals surface area contributed by atoms with Crippen LogP contribution in [0.25, 0.3) is 0 Å². The number of benzene rings is 1. The predicted octanol–water partition coefficient (Wildman–Crippen LogP) is 3.44. The fraction of sp³-hybridized carbons (Fsp3) is 0.250. The van der Waals surface area contributed by atoms with Crippen molar-refractivity contribution in [3.8, 4) is 0 Å². The van der Waals surface area contributed by atoms with E-state index in [9.17, 15) is 8.42 Å². The van der Waals surface area contributed by atoms with Gasteiger partial charge in [-0.15, -0.1) is 0 Å². The van der Waals surface area contributed by atoms with Gasteiger partial charge in [0.1, 0.15) is 4.90 Å². The summed E-state index contributed by atoms with van der Waals surface area (Å²) in [6, 6.07) is 3.22. The Morgan fingerprint density at radius 2 is 1.85 bits per heavy atom. The molecule has 1 aromatic carbocycles. The van der Waals surface area contributed by atoms with Crippen molar-refractivity contribution in [1.29, 1.82) is 0 Å². The van der Waals surface area contributed by atoms with Crippen LogP contribution in [0, 0.1) is 20.8 Å². The topological polar surface area (TPSA) is 74.8 Å². The zero-order valence-electron chi connectivity index (χ0n) is 11.1. The molecule has 0 aliphatic rings. The van der Waals surface area contributed by atoms with E-state index in [0.29, 0.717) is 16.1 Å². The van der Waals surface area contributed by atoms with Crippen LogP contribution in [0.15, 0.2) is 17.0 Å². The lowest BCUT2D eigenvalue weighted by molar-refractivity contribution is 0.600. The van der Waals surface area contributed by atoms with Gasteiger partial charge in [0.2, 0.25) is 0 Å². The van der Waals surface area contributed by atoms with Crippen molar-refractivity contribution in [2.24, 2.45) is 0 Å². The highest BCUT2D eigenvalue weighted by Gasteiger charge is 2.24. The lowest BCUT2D eigenvalue weighted by Crippen LogP contribution is -2.16. The van der Waals surface area contributed by atoms with Gasteiger partial charge >= 0.3 is 0 Å². The second-order valence-corrected chi connectivity index (χ2v) is 6.89. The second kappa shape index (κ2) is 5.27. The minimum atomic E-state index is -3.86. The Morgan fingerprint density at radius 3 is 2.40 bits per heavy atom. The van der Waals surface area contributed by atoms with Crippen LogP contribution >= 0.6 is 23.2 Å². The zero-order chi connectivity index (χ0) is 15.1. The average Bonchev–Trinajstić information content (AvgIpc) is 2.71. The lowest BCUT2D eigenvalue weighted by Gasteiger charge is -2.13. The van der Waals surface area contributed by atoms with Crippen molar-refractivity contribution in [2.45, 2.75) is 25.7 Å². The molecule has 0 aliphatic carbocycles. The van der Waals surface area contributed by atoms with Crippen LogP contribution in [0.4, 0.5) is 5.82 Å². The number of H-pyrrole nitrogens is 1. The molecule has 20 heavy (non-hydrogen) atoms. The quantitative estimate of drug-likeness (QED) is 0.903. The number of aromatic nitrogens is 2. The van der Waals surface area contributed by atoms with Gasteiger partial charge in [0, 0.05) is 16.8 Å². The molecule has 0 fully saturated rings. The summed E-state index contributed by atoms with van der Waals surface area (Å²) >= 11 is 12.2. The molecule has 108 valence electrons. The van der Waals surface area contributed by atoms with E-state index in [-0.39, 0.29) is 15.7 Å². The number of hydrogen-bond donors (Lipinski definition) is 2. The van der Waals surface area contributed by atoms with E-state index in [0.717, 1.165) is 5.69 Å². The van der Waals surface area contributed by atoms with Crippen molar-refractivity contribution < 1.29 is 8.42 Å². The smallest absolute Gasteiger partial charge is 0.264 e. The molecular formula is C12H13Cl2N3O2S. The van der Waals surface area contributed by atoms with Gasteiger partial charge in [-0.05, 0) is 38.0 Å². The molecule has 0 aliphatic heterocycles. The number of aryl methyl sites for hydroxylation is 2. The molecule has 0 spiro atoms. The molecule has 0 radical (unpaired) electrons. The molecule has 5 nitrogen and oxygen atoms in total. The highest BCUT2D eigenvalue weighted by Crippen LogP contribution is 2.34. The summed E-state index contributed by atoms with van der Waals surface area (Å²) in [5, 5.41) is 7.01. The number of halogens is 2. The highest BCUT2D eigenvalue weighted by atomic mass is 35.5. The molecular weight excluding hydrogens is 321 g/mol. The summed E-state index contributed by atoms with van der Waals surface area (Å²) in [5.74, 6) is 0.204. The molecule has 2 rings (SSSR count). The molecule has 8 heteroatoms. The van der Waals surface area contributed by atoms with Crippen LogP contribution in [0.2, 0.25) is 10.0 Å². The van der Waals surface area contributed by atoms with E-state index in [2.05, 4.69) is 14.9 Å². The summed E-state index contributed by atoms with van der Waals surface area (Å²) < 4.78 is 27.3. The third-order valence-corrected chi connectivity index (χ3v) is 5.32. The van der Waals surface area contributed by atoms with Crippen LogP contribution in [-0.4, -0.2) is 18.6 Å². The average molecular weight is 334 g/mol. The first-order chi connectivity index (χ1) is 9.22. The van der Waals surface area contributed by atoms with E-state index in [4.69, 9.17) is 23.2 Å². The van der Waals surface area contributed by atoms with E-state index in [1.165, 1.54) is 0 Å². The predicted molar refractivity (Wildman–Crippen MR) is 80.1 cm³/mol. The van der Waals surface area contributed by atoms with Gasteiger partial charge in [-0.3, -0.25) is 9.82 Å². The lowest BCUT2D eigenvalue weighted by atomic mass is 10.2. The fourth-order valence-corrected chi connectivity index (χ4v) is 4.00. The molecule has 0 atom stereocenters. The van der Waals surface area contributed by atoms with E-state index in [1.807, 2.05) is 0 Å². The number of aromatic amines is 1. The van der Waals surface area contributed by atoms with Crippen LogP contribution in [0.1, 0.15) is 16.8 Å². The Kier molecular flexibility index (Phi) is 4.00. The van der Waals surface area contributed by atoms with Crippen molar-refractivity contribution >= 4 is 39.0 Å². The van der Waals surface area contributed by atoms with Gasteiger partial charge in [0.25, 0.3) is 10.0 Å². The molecule has 0 saturated heterocycles. The zero-order valence-corrected chi connectivity index (χ0v) is 13.4. The first-order valence-corrected chi connectivity index (χ1v) is 7.96. The Morgan fingerprint density at radius 1 is 1.20 bits per heavy atom. The van der Waals surface area contributed by atoms with Gasteiger partial charge in [-0.25, -0.2) is 8.42 Å². The largest absolute Gasteiger partial charge is 0.281 e. The standard InChI is InChI=1S/C12H13Cl2N3O2S/c1-6-4-9(13)8(3)12(11(6)14)20(18,19)17-10-5-7(2)15-16-10/h4-5H,1-3H3,(H2,15,16,17). The number of rotatable bonds is 3. The first-order valence-electron chi connectivity index (χ1n) is 5.72. The van der Waals surface area contributed by atoms with Crippen LogP contribution in [0.3, 0.4) is 0 Å². The molecule has 0 saturated carbocycles. The summed E-state index contributed by atoms with van der Waals surface area (Å²) in [6.07, 6.45) is 0. The van der Waals surface area contributed by atoms with Gasteiger partial charge in [-0.2, -0.15) is 5.10 Å². The van der Waals surface area contributed by atoms with E-state index < -0.39 is 10.0 Å². The first kappa shape index (κ1) is 15.2. The normalized spacial score (nSPS) is 11.7. The maximum absolute atomic E-state index is 12.4.